The zero-order valence-electron chi connectivity index (χ0n) is 18.9. The number of anilines is 1. The number of nitro groups is 1. The maximum absolute atomic E-state index is 12.7. The summed E-state index contributed by atoms with van der Waals surface area (Å²) in [6.45, 7) is 3.61. The van der Waals surface area contributed by atoms with Gasteiger partial charge in [0.1, 0.15) is 5.75 Å². The Morgan fingerprint density at radius 2 is 1.85 bits per heavy atom. The van der Waals surface area contributed by atoms with E-state index in [-0.39, 0.29) is 11.3 Å². The summed E-state index contributed by atoms with van der Waals surface area (Å²) in [6, 6.07) is 11.7. The van der Waals surface area contributed by atoms with Crippen LogP contribution in [0.25, 0.3) is 0 Å². The number of rotatable bonds is 9. The van der Waals surface area contributed by atoms with E-state index >= 15 is 0 Å². The first-order chi connectivity index (χ1) is 15.9. The molecule has 0 atom stereocenters. The number of nitrogens with zero attached hydrogens (tertiary/aromatic N) is 2. The van der Waals surface area contributed by atoms with E-state index in [1.807, 2.05) is 29.2 Å². The quantitative estimate of drug-likeness (QED) is 0.351. The normalized spacial score (nSPS) is 13.9. The Morgan fingerprint density at radius 1 is 1.15 bits per heavy atom. The van der Waals surface area contributed by atoms with Gasteiger partial charge in [0.05, 0.1) is 23.3 Å². The van der Waals surface area contributed by atoms with Crippen LogP contribution < -0.4 is 15.0 Å². The van der Waals surface area contributed by atoms with Crippen LogP contribution in [0.1, 0.15) is 35.7 Å². The largest absolute Gasteiger partial charge is 0.497 e. The molecule has 0 saturated carbocycles. The zero-order chi connectivity index (χ0) is 23.8. The second-order valence-electron chi connectivity index (χ2n) is 8.15. The Labute approximate surface area is 192 Å². The summed E-state index contributed by atoms with van der Waals surface area (Å²) in [6.07, 6.45) is 2.57. The van der Waals surface area contributed by atoms with E-state index in [1.54, 1.807) is 13.2 Å². The van der Waals surface area contributed by atoms with E-state index in [1.165, 1.54) is 12.1 Å². The number of amides is 1. The number of benzene rings is 2. The van der Waals surface area contributed by atoms with Crippen molar-refractivity contribution in [2.75, 3.05) is 38.3 Å². The van der Waals surface area contributed by atoms with Crippen molar-refractivity contribution in [2.45, 2.75) is 26.2 Å². The fourth-order valence-electron chi connectivity index (χ4n) is 3.72. The number of nitrogens with one attached hydrogen (secondary N) is 1. The summed E-state index contributed by atoms with van der Waals surface area (Å²) in [5.74, 6) is 0.166. The molecule has 0 bridgehead atoms. The lowest BCUT2D eigenvalue weighted by molar-refractivity contribution is -0.384. The molecule has 1 aliphatic rings. The summed E-state index contributed by atoms with van der Waals surface area (Å²) in [5, 5.41) is 13.9. The fourth-order valence-corrected chi connectivity index (χ4v) is 3.72. The second-order valence-corrected chi connectivity index (χ2v) is 8.15. The number of ether oxygens (including phenoxy) is 2. The summed E-state index contributed by atoms with van der Waals surface area (Å²) >= 11 is 0. The minimum Gasteiger partial charge on any atom is -0.497 e. The third kappa shape index (κ3) is 6.68. The molecule has 9 heteroatoms. The molecule has 9 nitrogen and oxygen atoms in total. The minimum absolute atomic E-state index is 0.102. The predicted molar refractivity (Wildman–Crippen MR) is 124 cm³/mol. The van der Waals surface area contributed by atoms with Crippen molar-refractivity contribution in [3.63, 3.8) is 0 Å². The van der Waals surface area contributed by atoms with Gasteiger partial charge in [-0.2, -0.15) is 0 Å². The van der Waals surface area contributed by atoms with Crippen molar-refractivity contribution >= 4 is 23.3 Å². The van der Waals surface area contributed by atoms with E-state index in [4.69, 9.17) is 9.47 Å². The van der Waals surface area contributed by atoms with Crippen molar-refractivity contribution < 1.29 is 24.0 Å². The number of piperidine rings is 1. The number of non-ortho nitro benzene ring substituents is 1. The molecule has 33 heavy (non-hydrogen) atoms. The SMILES string of the molecule is COc1ccc(CCNC(=O)COC(=O)c2cc([N+](=O)[O-])ccc2N2CCC(C)CC2)cc1. The number of nitro benzene ring substituents is 1. The van der Waals surface area contributed by atoms with Gasteiger partial charge in [-0.25, -0.2) is 4.79 Å². The molecule has 1 aliphatic heterocycles. The van der Waals surface area contributed by atoms with E-state index in [2.05, 4.69) is 12.2 Å². The number of carbonyl (C=O) groups excluding carboxylic acids is 2. The zero-order valence-corrected chi connectivity index (χ0v) is 18.9. The minimum atomic E-state index is -0.752. The molecule has 1 saturated heterocycles. The van der Waals surface area contributed by atoms with Gasteiger partial charge in [-0.1, -0.05) is 19.1 Å². The molecular formula is C24H29N3O6. The number of esters is 1. The Hall–Kier alpha value is -3.62. The summed E-state index contributed by atoms with van der Waals surface area (Å²) in [4.78, 5) is 37.6. The standard InChI is InChI=1S/C24H29N3O6/c1-17-10-13-26(14-11-17)22-8-5-19(27(30)31)15-21(22)24(29)33-16-23(28)25-12-9-18-3-6-20(32-2)7-4-18/h3-8,15,17H,9-14,16H2,1-2H3,(H,25,28). The molecule has 176 valence electrons. The molecule has 0 unspecified atom stereocenters. The van der Waals surface area contributed by atoms with Crippen molar-refractivity contribution in [3.05, 3.63) is 63.7 Å². The third-order valence-electron chi connectivity index (χ3n) is 5.76. The average molecular weight is 456 g/mol. The van der Waals surface area contributed by atoms with Gasteiger partial charge in [-0.05, 0) is 48.9 Å². The predicted octanol–water partition coefficient (Wildman–Crippen LogP) is 3.36. The number of methoxy groups -OCH3 is 1. The molecule has 1 amide bonds. The average Bonchev–Trinajstić information content (AvgIpc) is 2.83. The maximum Gasteiger partial charge on any atom is 0.341 e. The van der Waals surface area contributed by atoms with E-state index in [9.17, 15) is 19.7 Å². The third-order valence-corrected chi connectivity index (χ3v) is 5.76. The van der Waals surface area contributed by atoms with E-state index in [0.29, 0.717) is 24.6 Å². The lowest BCUT2D eigenvalue weighted by Crippen LogP contribution is -2.34. The molecule has 0 aromatic heterocycles. The van der Waals surface area contributed by atoms with E-state index < -0.39 is 23.4 Å². The van der Waals surface area contributed by atoms with Crippen LogP contribution in [0.2, 0.25) is 0 Å². The van der Waals surface area contributed by atoms with Crippen LogP contribution in [0.3, 0.4) is 0 Å². The summed E-state index contributed by atoms with van der Waals surface area (Å²) < 4.78 is 10.3. The Kier molecular flexibility index (Phi) is 8.23. The van der Waals surface area contributed by atoms with Crippen molar-refractivity contribution in [1.82, 2.24) is 5.32 Å². The van der Waals surface area contributed by atoms with Crippen LogP contribution in [-0.2, 0) is 16.0 Å². The van der Waals surface area contributed by atoms with Gasteiger partial charge in [0, 0.05) is 31.8 Å². The summed E-state index contributed by atoms with van der Waals surface area (Å²) in [5.41, 5.74) is 1.53. The van der Waals surface area contributed by atoms with Crippen molar-refractivity contribution in [3.8, 4) is 5.75 Å². The van der Waals surface area contributed by atoms with Gasteiger partial charge in [0.2, 0.25) is 0 Å². The molecule has 2 aromatic rings. The van der Waals surface area contributed by atoms with Gasteiger partial charge in [0.15, 0.2) is 6.61 Å². The van der Waals surface area contributed by atoms with Gasteiger partial charge >= 0.3 is 5.97 Å². The first-order valence-corrected chi connectivity index (χ1v) is 11.0. The van der Waals surface area contributed by atoms with Gasteiger partial charge < -0.3 is 19.7 Å². The highest BCUT2D eigenvalue weighted by Gasteiger charge is 2.24. The van der Waals surface area contributed by atoms with Crippen LogP contribution in [0, 0.1) is 16.0 Å². The molecule has 1 N–H and O–H groups in total. The Bertz CT molecular complexity index is 984. The van der Waals surface area contributed by atoms with Crippen LogP contribution in [0.4, 0.5) is 11.4 Å². The lowest BCUT2D eigenvalue weighted by Gasteiger charge is -2.33. The van der Waals surface area contributed by atoms with Crippen molar-refractivity contribution in [1.29, 1.82) is 0 Å². The Morgan fingerprint density at radius 3 is 2.48 bits per heavy atom. The smallest absolute Gasteiger partial charge is 0.341 e. The Balaban J connectivity index is 1.57. The molecule has 1 fully saturated rings. The molecule has 0 radical (unpaired) electrons. The van der Waals surface area contributed by atoms with Crippen molar-refractivity contribution in [2.24, 2.45) is 5.92 Å². The first-order valence-electron chi connectivity index (χ1n) is 11.0. The van der Waals surface area contributed by atoms with Crippen LogP contribution in [0.15, 0.2) is 42.5 Å². The number of hydrogen-bond donors (Lipinski definition) is 1. The monoisotopic (exact) mass is 455 g/mol. The van der Waals surface area contributed by atoms with Crippen LogP contribution >= 0.6 is 0 Å². The molecule has 3 rings (SSSR count). The van der Waals surface area contributed by atoms with Gasteiger partial charge in [-0.15, -0.1) is 0 Å². The van der Waals surface area contributed by atoms with Gasteiger partial charge in [0.25, 0.3) is 11.6 Å². The van der Waals surface area contributed by atoms with Crippen LogP contribution in [0.5, 0.6) is 5.75 Å². The fraction of sp³-hybridized carbons (Fsp3) is 0.417. The highest BCUT2D eigenvalue weighted by atomic mass is 16.6. The maximum atomic E-state index is 12.7. The molecule has 2 aromatic carbocycles. The first kappa shape index (κ1) is 24.0. The van der Waals surface area contributed by atoms with Crippen LogP contribution in [-0.4, -0.2) is 50.2 Å². The number of carbonyl (C=O) groups is 2. The summed E-state index contributed by atoms with van der Waals surface area (Å²) in [7, 11) is 1.60. The highest BCUT2D eigenvalue weighted by molar-refractivity contribution is 5.97. The molecule has 0 aliphatic carbocycles. The number of hydrogen-bond acceptors (Lipinski definition) is 7. The molecule has 0 spiro atoms. The topological polar surface area (TPSA) is 111 Å². The molecule has 1 heterocycles. The van der Waals surface area contributed by atoms with Gasteiger partial charge in [-0.3, -0.25) is 14.9 Å². The highest BCUT2D eigenvalue weighted by Crippen LogP contribution is 2.29. The second kappa shape index (κ2) is 11.3. The van der Waals surface area contributed by atoms with E-state index in [0.717, 1.165) is 37.2 Å². The molecular weight excluding hydrogens is 426 g/mol. The lowest BCUT2D eigenvalue weighted by atomic mass is 9.98.